The lowest BCUT2D eigenvalue weighted by Crippen LogP contribution is -2.35. The fourth-order valence-electron chi connectivity index (χ4n) is 1.72. The van der Waals surface area contributed by atoms with Crippen LogP contribution < -0.4 is 10.2 Å². The molecule has 5 heteroatoms. The van der Waals surface area contributed by atoms with E-state index in [-0.39, 0.29) is 6.03 Å². The number of carbonyl (C=O) groups is 1. The van der Waals surface area contributed by atoms with Gasteiger partial charge in [0.15, 0.2) is 0 Å². The van der Waals surface area contributed by atoms with E-state index in [1.165, 1.54) is 0 Å². The molecule has 0 fully saturated rings. The Morgan fingerprint density at radius 1 is 1.33 bits per heavy atom. The normalized spacial score (nSPS) is 10.1. The van der Waals surface area contributed by atoms with Crippen LogP contribution in [0.25, 0.3) is 0 Å². The molecule has 1 heterocycles. The molecule has 0 aliphatic rings. The number of rotatable bonds is 3. The number of carbonyl (C=O) groups excluding carboxylic acids is 1. The third-order valence-corrected chi connectivity index (χ3v) is 2.69. The monoisotopic (exact) mass is 244 g/mol. The van der Waals surface area contributed by atoms with E-state index in [1.807, 2.05) is 37.3 Å². The first-order valence-corrected chi connectivity index (χ1v) is 5.84. The van der Waals surface area contributed by atoms with Gasteiger partial charge in [0.05, 0.1) is 6.20 Å². The second-order valence-electron chi connectivity index (χ2n) is 3.85. The quantitative estimate of drug-likeness (QED) is 0.901. The number of benzene rings is 1. The van der Waals surface area contributed by atoms with Crippen LogP contribution in [-0.4, -0.2) is 22.4 Å². The van der Waals surface area contributed by atoms with Crippen molar-refractivity contribution in [1.82, 2.24) is 9.78 Å². The maximum Gasteiger partial charge on any atom is 0.327 e. The maximum absolute atomic E-state index is 12.2. The Morgan fingerprint density at radius 3 is 2.61 bits per heavy atom. The van der Waals surface area contributed by atoms with Crippen LogP contribution in [0.5, 0.6) is 0 Å². The molecule has 2 aromatic rings. The zero-order valence-electron chi connectivity index (χ0n) is 10.5. The molecule has 0 atom stereocenters. The molecule has 5 nitrogen and oxygen atoms in total. The Kier molecular flexibility index (Phi) is 3.62. The van der Waals surface area contributed by atoms with Gasteiger partial charge in [0.2, 0.25) is 0 Å². The number of para-hydroxylation sites is 1. The number of aromatic nitrogens is 2. The van der Waals surface area contributed by atoms with Crippen molar-refractivity contribution in [2.45, 2.75) is 6.92 Å². The first-order chi connectivity index (χ1) is 8.72. The number of urea groups is 1. The third-order valence-electron chi connectivity index (χ3n) is 2.69. The van der Waals surface area contributed by atoms with Crippen molar-refractivity contribution in [1.29, 1.82) is 0 Å². The summed E-state index contributed by atoms with van der Waals surface area (Å²) in [5.74, 6) is 0.675. The average molecular weight is 244 g/mol. The highest BCUT2D eigenvalue weighted by molar-refractivity contribution is 6.01. The number of nitrogens with one attached hydrogen (secondary N) is 1. The van der Waals surface area contributed by atoms with Crippen LogP contribution in [0.3, 0.4) is 0 Å². The minimum absolute atomic E-state index is 0.160. The largest absolute Gasteiger partial charge is 0.327 e. The molecular formula is C13H16N4O. The van der Waals surface area contributed by atoms with Gasteiger partial charge in [-0.1, -0.05) is 18.2 Å². The average Bonchev–Trinajstić information content (AvgIpc) is 2.77. The predicted molar refractivity (Wildman–Crippen MR) is 71.7 cm³/mol. The summed E-state index contributed by atoms with van der Waals surface area (Å²) in [6.07, 6.45) is 1.65. The summed E-state index contributed by atoms with van der Waals surface area (Å²) >= 11 is 0. The van der Waals surface area contributed by atoms with E-state index in [1.54, 1.807) is 28.9 Å². The van der Waals surface area contributed by atoms with Crippen LogP contribution in [0, 0.1) is 0 Å². The molecule has 1 aromatic heterocycles. The molecule has 0 spiro atoms. The van der Waals surface area contributed by atoms with Gasteiger partial charge in [0.25, 0.3) is 0 Å². The van der Waals surface area contributed by atoms with E-state index in [9.17, 15) is 4.79 Å². The van der Waals surface area contributed by atoms with E-state index in [2.05, 4.69) is 10.4 Å². The van der Waals surface area contributed by atoms with Gasteiger partial charge in [-0.3, -0.25) is 14.9 Å². The first-order valence-electron chi connectivity index (χ1n) is 5.84. The summed E-state index contributed by atoms with van der Waals surface area (Å²) in [4.78, 5) is 13.8. The lowest BCUT2D eigenvalue weighted by Gasteiger charge is -2.21. The molecule has 0 bridgehead atoms. The molecule has 0 aliphatic carbocycles. The molecule has 0 radical (unpaired) electrons. The number of anilines is 2. The van der Waals surface area contributed by atoms with Crippen molar-refractivity contribution in [3.63, 3.8) is 0 Å². The van der Waals surface area contributed by atoms with Crippen molar-refractivity contribution in [3.05, 3.63) is 42.6 Å². The van der Waals surface area contributed by atoms with Crippen LogP contribution >= 0.6 is 0 Å². The van der Waals surface area contributed by atoms with Crippen molar-refractivity contribution in [3.8, 4) is 0 Å². The van der Waals surface area contributed by atoms with Crippen LogP contribution in [0.2, 0.25) is 0 Å². The zero-order chi connectivity index (χ0) is 13.0. The predicted octanol–water partition coefficient (Wildman–Crippen LogP) is 2.48. The second-order valence-corrected chi connectivity index (χ2v) is 3.85. The Balaban J connectivity index is 2.14. The highest BCUT2D eigenvalue weighted by atomic mass is 16.2. The zero-order valence-corrected chi connectivity index (χ0v) is 10.5. The van der Waals surface area contributed by atoms with E-state index < -0.39 is 0 Å². The van der Waals surface area contributed by atoms with Gasteiger partial charge in [-0.25, -0.2) is 4.79 Å². The second kappa shape index (κ2) is 5.35. The third kappa shape index (κ3) is 2.51. The molecule has 94 valence electrons. The van der Waals surface area contributed by atoms with Gasteiger partial charge in [-0.2, -0.15) is 5.10 Å². The van der Waals surface area contributed by atoms with E-state index >= 15 is 0 Å². The molecule has 18 heavy (non-hydrogen) atoms. The van der Waals surface area contributed by atoms with E-state index in [4.69, 9.17) is 0 Å². The summed E-state index contributed by atoms with van der Waals surface area (Å²) in [5.41, 5.74) is 0.875. The fraction of sp³-hybridized carbons (Fsp3) is 0.231. The van der Waals surface area contributed by atoms with Gasteiger partial charge in [0, 0.05) is 25.3 Å². The summed E-state index contributed by atoms with van der Waals surface area (Å²) in [5, 5.41) is 6.84. The van der Waals surface area contributed by atoms with Crippen LogP contribution in [0.1, 0.15) is 6.92 Å². The highest BCUT2D eigenvalue weighted by Gasteiger charge is 2.14. The van der Waals surface area contributed by atoms with Crippen molar-refractivity contribution >= 4 is 17.5 Å². The minimum Gasteiger partial charge on any atom is -0.294 e. The molecule has 0 unspecified atom stereocenters. The summed E-state index contributed by atoms with van der Waals surface area (Å²) < 4.78 is 1.62. The van der Waals surface area contributed by atoms with Gasteiger partial charge in [-0.15, -0.1) is 0 Å². The van der Waals surface area contributed by atoms with Crippen molar-refractivity contribution in [2.24, 2.45) is 7.05 Å². The number of hydrogen-bond donors (Lipinski definition) is 1. The van der Waals surface area contributed by atoms with E-state index in [0.29, 0.717) is 12.4 Å². The van der Waals surface area contributed by atoms with Crippen LogP contribution in [0.15, 0.2) is 42.6 Å². The standard InChI is InChI=1S/C13H16N4O/c1-3-17(11-7-5-4-6-8-11)13(18)15-12-9-10-14-16(12)2/h4-10H,3H2,1-2H3,(H,15,18). The number of aryl methyl sites for hydroxylation is 1. The highest BCUT2D eigenvalue weighted by Crippen LogP contribution is 2.14. The molecule has 2 rings (SSSR count). The SMILES string of the molecule is CCN(C(=O)Nc1ccnn1C)c1ccccc1. The van der Waals surface area contributed by atoms with Crippen molar-refractivity contribution in [2.75, 3.05) is 16.8 Å². The van der Waals surface area contributed by atoms with Gasteiger partial charge in [0.1, 0.15) is 5.82 Å². The molecular weight excluding hydrogens is 228 g/mol. The van der Waals surface area contributed by atoms with Crippen LogP contribution in [-0.2, 0) is 7.05 Å². The number of nitrogens with zero attached hydrogens (tertiary/aromatic N) is 3. The lowest BCUT2D eigenvalue weighted by molar-refractivity contribution is 0.257. The molecule has 1 N–H and O–H groups in total. The Bertz CT molecular complexity index is 521. The lowest BCUT2D eigenvalue weighted by atomic mass is 10.3. The van der Waals surface area contributed by atoms with Gasteiger partial charge >= 0.3 is 6.03 Å². The number of hydrogen-bond acceptors (Lipinski definition) is 2. The fourth-order valence-corrected chi connectivity index (χ4v) is 1.72. The summed E-state index contributed by atoms with van der Waals surface area (Å²) in [7, 11) is 1.79. The molecule has 0 saturated heterocycles. The van der Waals surface area contributed by atoms with Crippen molar-refractivity contribution < 1.29 is 4.79 Å². The minimum atomic E-state index is -0.160. The molecule has 0 aliphatic heterocycles. The Labute approximate surface area is 106 Å². The first kappa shape index (κ1) is 12.2. The Morgan fingerprint density at radius 2 is 2.06 bits per heavy atom. The molecule has 2 amide bonds. The molecule has 1 aromatic carbocycles. The topological polar surface area (TPSA) is 50.2 Å². The van der Waals surface area contributed by atoms with Gasteiger partial charge < -0.3 is 0 Å². The summed E-state index contributed by atoms with van der Waals surface area (Å²) in [6.45, 7) is 2.55. The van der Waals surface area contributed by atoms with Gasteiger partial charge in [-0.05, 0) is 19.1 Å². The van der Waals surface area contributed by atoms with E-state index in [0.717, 1.165) is 5.69 Å². The van der Waals surface area contributed by atoms with Crippen LogP contribution in [0.4, 0.5) is 16.3 Å². The maximum atomic E-state index is 12.2. The summed E-state index contributed by atoms with van der Waals surface area (Å²) in [6, 6.07) is 11.2. The smallest absolute Gasteiger partial charge is 0.294 e. The molecule has 0 saturated carbocycles. The number of amides is 2. The Hall–Kier alpha value is -2.30.